The minimum Gasteiger partial charge on any atom is -0.490 e. The number of rotatable bonds is 8. The van der Waals surface area contributed by atoms with Gasteiger partial charge < -0.3 is 14.8 Å². The quantitative estimate of drug-likeness (QED) is 0.732. The van der Waals surface area contributed by atoms with Crippen molar-refractivity contribution in [3.8, 4) is 17.6 Å². The van der Waals surface area contributed by atoms with Gasteiger partial charge in [0.25, 0.3) is 0 Å². The van der Waals surface area contributed by atoms with Crippen molar-refractivity contribution in [2.75, 3.05) is 13.2 Å². The van der Waals surface area contributed by atoms with E-state index in [1.165, 1.54) is 0 Å². The number of nitriles is 1. The van der Waals surface area contributed by atoms with E-state index in [1.54, 1.807) is 6.92 Å². The molecule has 0 saturated heterocycles. The predicted molar refractivity (Wildman–Crippen MR) is 75.3 cm³/mol. The molecule has 0 aliphatic rings. The average Bonchev–Trinajstić information content (AvgIpc) is 2.42. The zero-order valence-corrected chi connectivity index (χ0v) is 11.9. The summed E-state index contributed by atoms with van der Waals surface area (Å²) >= 11 is 0. The van der Waals surface area contributed by atoms with E-state index in [-0.39, 0.29) is 0 Å². The van der Waals surface area contributed by atoms with Crippen LogP contribution < -0.4 is 14.8 Å². The maximum Gasteiger partial charge on any atom is 0.181 e. The molecule has 4 nitrogen and oxygen atoms in total. The minimum absolute atomic E-state index is 0.483. The highest BCUT2D eigenvalue weighted by Gasteiger charge is 2.09. The van der Waals surface area contributed by atoms with Gasteiger partial charge in [-0.15, -0.1) is 0 Å². The van der Waals surface area contributed by atoms with Crippen LogP contribution in [0.2, 0.25) is 0 Å². The van der Waals surface area contributed by atoms with E-state index in [4.69, 9.17) is 14.7 Å². The normalized spacial score (nSPS) is 11.7. The van der Waals surface area contributed by atoms with Crippen molar-refractivity contribution < 1.29 is 9.47 Å². The molecule has 0 heterocycles. The number of benzene rings is 1. The van der Waals surface area contributed by atoms with E-state index < -0.39 is 6.10 Å². The minimum atomic E-state index is -0.483. The Kier molecular flexibility index (Phi) is 6.76. The third-order valence-electron chi connectivity index (χ3n) is 2.55. The Morgan fingerprint density at radius 3 is 2.74 bits per heavy atom. The summed E-state index contributed by atoms with van der Waals surface area (Å²) in [5.41, 5.74) is 1.15. The summed E-state index contributed by atoms with van der Waals surface area (Å²) in [6.07, 6.45) is 0.627. The van der Waals surface area contributed by atoms with Gasteiger partial charge in [-0.3, -0.25) is 0 Å². The molecular weight excluding hydrogens is 240 g/mol. The first-order valence-corrected chi connectivity index (χ1v) is 6.74. The summed E-state index contributed by atoms with van der Waals surface area (Å²) in [5, 5.41) is 12.1. The molecule has 1 aromatic rings. The van der Waals surface area contributed by atoms with Crippen LogP contribution in [0.3, 0.4) is 0 Å². The van der Waals surface area contributed by atoms with Gasteiger partial charge in [0.2, 0.25) is 0 Å². The molecule has 0 radical (unpaired) electrons. The fraction of sp³-hybridized carbons (Fsp3) is 0.533. The highest BCUT2D eigenvalue weighted by molar-refractivity contribution is 5.43. The van der Waals surface area contributed by atoms with Crippen LogP contribution in [0.15, 0.2) is 18.2 Å². The Balaban J connectivity index is 2.79. The van der Waals surface area contributed by atoms with E-state index in [2.05, 4.69) is 12.2 Å². The highest BCUT2D eigenvalue weighted by atomic mass is 16.5. The third-order valence-corrected chi connectivity index (χ3v) is 2.55. The van der Waals surface area contributed by atoms with Crippen molar-refractivity contribution in [1.29, 1.82) is 5.26 Å². The first-order valence-electron chi connectivity index (χ1n) is 6.74. The number of hydrogen-bond donors (Lipinski definition) is 1. The Hall–Kier alpha value is -1.73. The number of nitrogens with one attached hydrogen (secondary N) is 1. The van der Waals surface area contributed by atoms with Crippen molar-refractivity contribution in [2.45, 2.75) is 39.8 Å². The van der Waals surface area contributed by atoms with Gasteiger partial charge in [0.1, 0.15) is 6.07 Å². The molecular formula is C15H22N2O2. The molecule has 19 heavy (non-hydrogen) atoms. The molecule has 1 aromatic carbocycles. The van der Waals surface area contributed by atoms with E-state index in [0.29, 0.717) is 18.1 Å². The summed E-state index contributed by atoms with van der Waals surface area (Å²) in [4.78, 5) is 0. The lowest BCUT2D eigenvalue weighted by Gasteiger charge is -2.14. The summed E-state index contributed by atoms with van der Waals surface area (Å²) in [5.74, 6) is 1.32. The molecule has 0 bridgehead atoms. The maximum atomic E-state index is 8.79. The van der Waals surface area contributed by atoms with Gasteiger partial charge in [-0.25, -0.2) is 0 Å². The lowest BCUT2D eigenvalue weighted by molar-refractivity contribution is 0.249. The molecule has 0 aliphatic carbocycles. The Labute approximate surface area is 115 Å². The first kappa shape index (κ1) is 15.3. The van der Waals surface area contributed by atoms with Crippen LogP contribution in [0.1, 0.15) is 32.8 Å². The molecule has 0 fully saturated rings. The lowest BCUT2D eigenvalue weighted by Crippen LogP contribution is -2.14. The lowest BCUT2D eigenvalue weighted by atomic mass is 10.2. The molecule has 0 aromatic heterocycles. The van der Waals surface area contributed by atoms with Gasteiger partial charge in [-0.2, -0.15) is 5.26 Å². The number of nitrogens with zero attached hydrogens (tertiary/aromatic N) is 1. The zero-order valence-electron chi connectivity index (χ0n) is 11.9. The van der Waals surface area contributed by atoms with Crippen molar-refractivity contribution >= 4 is 0 Å². The summed E-state index contributed by atoms with van der Waals surface area (Å²) in [7, 11) is 0. The van der Waals surface area contributed by atoms with Crippen LogP contribution in [-0.2, 0) is 6.54 Å². The Morgan fingerprint density at radius 1 is 1.32 bits per heavy atom. The largest absolute Gasteiger partial charge is 0.490 e. The van der Waals surface area contributed by atoms with Crippen molar-refractivity contribution in [3.63, 3.8) is 0 Å². The summed E-state index contributed by atoms with van der Waals surface area (Å²) in [6.45, 7) is 8.16. The fourth-order valence-corrected chi connectivity index (χ4v) is 1.65. The van der Waals surface area contributed by atoms with Crippen molar-refractivity contribution in [3.05, 3.63) is 23.8 Å². The molecule has 0 amide bonds. The van der Waals surface area contributed by atoms with Gasteiger partial charge in [0, 0.05) is 6.54 Å². The molecule has 0 aliphatic heterocycles. The van der Waals surface area contributed by atoms with Crippen LogP contribution in [0.5, 0.6) is 11.5 Å². The summed E-state index contributed by atoms with van der Waals surface area (Å²) < 4.78 is 11.1. The topological polar surface area (TPSA) is 54.3 Å². The maximum absolute atomic E-state index is 8.79. The molecule has 1 N–H and O–H groups in total. The molecule has 4 heteroatoms. The Morgan fingerprint density at radius 2 is 2.11 bits per heavy atom. The van der Waals surface area contributed by atoms with Gasteiger partial charge in [0.15, 0.2) is 17.6 Å². The van der Waals surface area contributed by atoms with Crippen LogP contribution in [0.4, 0.5) is 0 Å². The Bertz CT molecular complexity index is 427. The highest BCUT2D eigenvalue weighted by Crippen LogP contribution is 2.29. The number of hydrogen-bond acceptors (Lipinski definition) is 4. The fourth-order valence-electron chi connectivity index (χ4n) is 1.65. The zero-order chi connectivity index (χ0) is 14.1. The average molecular weight is 262 g/mol. The molecule has 1 rings (SSSR count). The standard InChI is InChI=1S/C15H22N2O2/c1-4-8-17-11-13-6-7-14(19-12(3)10-16)15(9-13)18-5-2/h6-7,9,12,17H,4-5,8,11H2,1-3H3. The van der Waals surface area contributed by atoms with Gasteiger partial charge >= 0.3 is 0 Å². The predicted octanol–water partition coefficient (Wildman–Crippen LogP) is 2.88. The van der Waals surface area contributed by atoms with E-state index >= 15 is 0 Å². The molecule has 1 atom stereocenters. The van der Waals surface area contributed by atoms with E-state index in [1.807, 2.05) is 31.2 Å². The van der Waals surface area contributed by atoms with E-state index in [0.717, 1.165) is 25.1 Å². The van der Waals surface area contributed by atoms with Crippen LogP contribution in [-0.4, -0.2) is 19.3 Å². The summed E-state index contributed by atoms with van der Waals surface area (Å²) in [6, 6.07) is 7.87. The molecule has 1 unspecified atom stereocenters. The molecule has 0 saturated carbocycles. The van der Waals surface area contributed by atoms with Gasteiger partial charge in [-0.05, 0) is 44.5 Å². The van der Waals surface area contributed by atoms with Crippen LogP contribution in [0, 0.1) is 11.3 Å². The second kappa shape index (κ2) is 8.39. The second-order valence-electron chi connectivity index (χ2n) is 4.28. The first-order chi connectivity index (χ1) is 9.21. The van der Waals surface area contributed by atoms with Gasteiger partial charge in [-0.1, -0.05) is 13.0 Å². The molecule has 0 spiro atoms. The number of ether oxygens (including phenoxy) is 2. The second-order valence-corrected chi connectivity index (χ2v) is 4.28. The SMILES string of the molecule is CCCNCc1ccc(OC(C)C#N)c(OCC)c1. The van der Waals surface area contributed by atoms with Crippen LogP contribution in [0.25, 0.3) is 0 Å². The monoisotopic (exact) mass is 262 g/mol. The van der Waals surface area contributed by atoms with Crippen molar-refractivity contribution in [2.24, 2.45) is 0 Å². The smallest absolute Gasteiger partial charge is 0.181 e. The van der Waals surface area contributed by atoms with E-state index in [9.17, 15) is 0 Å². The van der Waals surface area contributed by atoms with Crippen LogP contribution >= 0.6 is 0 Å². The van der Waals surface area contributed by atoms with Gasteiger partial charge in [0.05, 0.1) is 6.61 Å². The van der Waals surface area contributed by atoms with Crippen molar-refractivity contribution in [1.82, 2.24) is 5.32 Å². The molecule has 104 valence electrons. The third kappa shape index (κ3) is 5.19.